The third-order valence-electron chi connectivity index (χ3n) is 2.47. The number of hydrogen-bond donors (Lipinski definition) is 0. The first-order valence-electron chi connectivity index (χ1n) is 6.79. The molecule has 0 nitrogen and oxygen atoms in total. The average Bonchev–Trinajstić information content (AvgIpc) is 2.43. The zero-order valence-corrected chi connectivity index (χ0v) is 12.4. The molecule has 0 aromatic heterocycles. The van der Waals surface area contributed by atoms with Gasteiger partial charge in [-0.1, -0.05) is 86.5 Å². The van der Waals surface area contributed by atoms with Gasteiger partial charge in [0.15, 0.2) is 0 Å². The maximum atomic E-state index is 2.18. The van der Waals surface area contributed by atoms with Crippen LogP contribution in [0.15, 0.2) is 54.6 Å². The lowest BCUT2D eigenvalue weighted by atomic mass is 10.1. The van der Waals surface area contributed by atoms with Crippen LogP contribution in [-0.2, 0) is 6.42 Å². The van der Waals surface area contributed by atoms with Crippen LogP contribution in [0.5, 0.6) is 0 Å². The molecule has 2 rings (SSSR count). The summed E-state index contributed by atoms with van der Waals surface area (Å²) >= 11 is 0. The highest BCUT2D eigenvalue weighted by Crippen LogP contribution is 2.02. The van der Waals surface area contributed by atoms with Gasteiger partial charge in [-0.15, -0.1) is 0 Å². The molecule has 0 saturated heterocycles. The van der Waals surface area contributed by atoms with Gasteiger partial charge in [0.1, 0.15) is 0 Å². The Bertz CT molecular complexity index is 384. The van der Waals surface area contributed by atoms with Crippen LogP contribution in [-0.4, -0.2) is 0 Å². The highest BCUT2D eigenvalue weighted by atomic mass is 13.9. The molecule has 0 heterocycles. The maximum Gasteiger partial charge on any atom is -0.0307 e. The van der Waals surface area contributed by atoms with Crippen LogP contribution >= 0.6 is 0 Å². The first-order valence-corrected chi connectivity index (χ1v) is 6.79. The van der Waals surface area contributed by atoms with Crippen molar-refractivity contribution in [2.45, 2.75) is 41.0 Å². The monoisotopic (exact) mass is 242 g/mol. The van der Waals surface area contributed by atoms with Gasteiger partial charge in [0, 0.05) is 0 Å². The molecule has 0 aliphatic heterocycles. The molecule has 0 bridgehead atoms. The van der Waals surface area contributed by atoms with Gasteiger partial charge in [0.05, 0.1) is 0 Å². The van der Waals surface area contributed by atoms with E-state index in [1.165, 1.54) is 16.7 Å². The van der Waals surface area contributed by atoms with Crippen LogP contribution in [0.25, 0.3) is 0 Å². The molecule has 0 unspecified atom stereocenters. The van der Waals surface area contributed by atoms with E-state index in [2.05, 4.69) is 57.2 Å². The van der Waals surface area contributed by atoms with E-state index in [4.69, 9.17) is 0 Å². The molecule has 2 aromatic carbocycles. The first-order chi connectivity index (χ1) is 8.72. The van der Waals surface area contributed by atoms with Gasteiger partial charge in [0.2, 0.25) is 0 Å². The summed E-state index contributed by atoms with van der Waals surface area (Å²) < 4.78 is 0. The smallest absolute Gasteiger partial charge is 0.0307 e. The summed E-state index contributed by atoms with van der Waals surface area (Å²) in [6.45, 7) is 10.4. The average molecular weight is 242 g/mol. The van der Waals surface area contributed by atoms with Crippen molar-refractivity contribution in [2.24, 2.45) is 0 Å². The zero-order valence-electron chi connectivity index (χ0n) is 12.4. The Morgan fingerprint density at radius 2 is 1.11 bits per heavy atom. The van der Waals surface area contributed by atoms with Crippen LogP contribution in [0.2, 0.25) is 0 Å². The second-order valence-electron chi connectivity index (χ2n) is 3.99. The van der Waals surface area contributed by atoms with Crippen molar-refractivity contribution in [3.05, 3.63) is 71.3 Å². The number of rotatable bonds is 1. The van der Waals surface area contributed by atoms with Gasteiger partial charge in [-0.05, 0) is 25.8 Å². The van der Waals surface area contributed by atoms with Crippen molar-refractivity contribution < 1.29 is 0 Å². The molecule has 18 heavy (non-hydrogen) atoms. The van der Waals surface area contributed by atoms with Gasteiger partial charge < -0.3 is 0 Å². The maximum absolute atomic E-state index is 2.18. The normalized spacial score (nSPS) is 8.50. The second-order valence-corrected chi connectivity index (χ2v) is 3.99. The molecule has 0 spiro atoms. The van der Waals surface area contributed by atoms with E-state index in [1.54, 1.807) is 0 Å². The minimum atomic E-state index is 1.14. The number of aryl methyl sites for hydroxylation is 3. The molecule has 0 aliphatic rings. The van der Waals surface area contributed by atoms with E-state index in [1.807, 2.05) is 32.0 Å². The SMILES string of the molecule is CC.CCc1ccc(C)cc1.Cc1ccccc1. The summed E-state index contributed by atoms with van der Waals surface area (Å²) in [4.78, 5) is 0. The molecule has 0 N–H and O–H groups in total. The molecule has 0 heteroatoms. The Labute approximate surface area is 113 Å². The van der Waals surface area contributed by atoms with E-state index in [9.17, 15) is 0 Å². The van der Waals surface area contributed by atoms with Gasteiger partial charge in [-0.2, -0.15) is 0 Å². The van der Waals surface area contributed by atoms with E-state index in [0.717, 1.165) is 6.42 Å². The minimum Gasteiger partial charge on any atom is -0.0683 e. The van der Waals surface area contributed by atoms with Crippen molar-refractivity contribution in [3.8, 4) is 0 Å². The Morgan fingerprint density at radius 1 is 0.667 bits per heavy atom. The Morgan fingerprint density at radius 3 is 1.44 bits per heavy atom. The Balaban J connectivity index is 0.000000289. The molecule has 0 fully saturated rings. The third-order valence-corrected chi connectivity index (χ3v) is 2.47. The van der Waals surface area contributed by atoms with Gasteiger partial charge in [-0.25, -0.2) is 0 Å². The number of benzene rings is 2. The van der Waals surface area contributed by atoms with Crippen LogP contribution in [0.1, 0.15) is 37.5 Å². The highest BCUT2D eigenvalue weighted by Gasteiger charge is 1.84. The predicted molar refractivity (Wildman–Crippen MR) is 83.1 cm³/mol. The summed E-state index contributed by atoms with van der Waals surface area (Å²) in [5, 5.41) is 0. The molecular weight excluding hydrogens is 216 g/mol. The fraction of sp³-hybridized carbons (Fsp3) is 0.333. The standard InChI is InChI=1S/C9H12.C7H8.C2H6/c1-3-9-6-4-8(2)5-7-9;1-7-5-3-2-4-6-7;1-2/h4-7H,3H2,1-2H3;2-6H,1H3;1-2H3. The zero-order chi connectivity index (χ0) is 13.8. The van der Waals surface area contributed by atoms with Crippen LogP contribution in [0, 0.1) is 13.8 Å². The minimum absolute atomic E-state index is 1.14. The molecule has 2 aromatic rings. The lowest BCUT2D eigenvalue weighted by Gasteiger charge is -1.94. The van der Waals surface area contributed by atoms with Crippen molar-refractivity contribution >= 4 is 0 Å². The third kappa shape index (κ3) is 7.67. The molecule has 98 valence electrons. The van der Waals surface area contributed by atoms with Gasteiger partial charge >= 0.3 is 0 Å². The van der Waals surface area contributed by atoms with Crippen molar-refractivity contribution in [2.75, 3.05) is 0 Å². The fourth-order valence-corrected chi connectivity index (χ4v) is 1.36. The van der Waals surface area contributed by atoms with Crippen LogP contribution < -0.4 is 0 Å². The van der Waals surface area contributed by atoms with Crippen LogP contribution in [0.3, 0.4) is 0 Å². The molecule has 0 saturated carbocycles. The van der Waals surface area contributed by atoms with E-state index in [0.29, 0.717) is 0 Å². The van der Waals surface area contributed by atoms with Gasteiger partial charge in [-0.3, -0.25) is 0 Å². The topological polar surface area (TPSA) is 0 Å². The van der Waals surface area contributed by atoms with Crippen LogP contribution in [0.4, 0.5) is 0 Å². The molecular formula is C18H26. The Hall–Kier alpha value is -1.56. The van der Waals surface area contributed by atoms with E-state index < -0.39 is 0 Å². The fourth-order valence-electron chi connectivity index (χ4n) is 1.36. The summed E-state index contributed by atoms with van der Waals surface area (Å²) in [6, 6.07) is 18.9. The van der Waals surface area contributed by atoms with E-state index in [-0.39, 0.29) is 0 Å². The largest absolute Gasteiger partial charge is 0.0683 e. The molecule has 0 amide bonds. The van der Waals surface area contributed by atoms with Crippen molar-refractivity contribution in [1.29, 1.82) is 0 Å². The summed E-state index contributed by atoms with van der Waals surface area (Å²) in [5.74, 6) is 0. The first kappa shape index (κ1) is 16.4. The molecule has 0 aliphatic carbocycles. The predicted octanol–water partition coefficient (Wildman–Crippen LogP) is 5.58. The van der Waals surface area contributed by atoms with Gasteiger partial charge in [0.25, 0.3) is 0 Å². The van der Waals surface area contributed by atoms with Crippen molar-refractivity contribution in [1.82, 2.24) is 0 Å². The second kappa shape index (κ2) is 10.6. The Kier molecular flexibility index (Phi) is 9.67. The summed E-state index contributed by atoms with van der Waals surface area (Å²) in [5.41, 5.74) is 4.08. The quantitative estimate of drug-likeness (QED) is 0.612. The number of hydrogen-bond acceptors (Lipinski definition) is 0. The molecule has 0 radical (unpaired) electrons. The van der Waals surface area contributed by atoms with E-state index >= 15 is 0 Å². The summed E-state index contributed by atoms with van der Waals surface area (Å²) in [7, 11) is 0. The lowest BCUT2D eigenvalue weighted by molar-refractivity contribution is 1.14. The van der Waals surface area contributed by atoms with Crippen molar-refractivity contribution in [3.63, 3.8) is 0 Å². The molecule has 0 atom stereocenters. The highest BCUT2D eigenvalue weighted by molar-refractivity contribution is 5.20. The summed E-state index contributed by atoms with van der Waals surface area (Å²) in [6.07, 6.45) is 1.14. The lowest BCUT2D eigenvalue weighted by Crippen LogP contribution is -1.77.